The number of nitrogen functional groups attached to an aromatic ring is 1. The molecule has 0 radical (unpaired) electrons. The number of methoxy groups -OCH3 is 2. The molecule has 0 amide bonds. The Hall–Kier alpha value is -2.78. The Morgan fingerprint density at radius 1 is 1.33 bits per heavy atom. The van der Waals surface area contributed by atoms with Crippen LogP contribution in [-0.2, 0) is 4.74 Å². The van der Waals surface area contributed by atoms with Gasteiger partial charge < -0.3 is 15.2 Å². The van der Waals surface area contributed by atoms with Gasteiger partial charge in [-0.1, -0.05) is 0 Å². The zero-order chi connectivity index (χ0) is 13.1. The van der Waals surface area contributed by atoms with Gasteiger partial charge in [0.2, 0.25) is 5.95 Å². The lowest BCUT2D eigenvalue weighted by molar-refractivity contribution is 0.0587. The van der Waals surface area contributed by atoms with Crippen LogP contribution in [0.15, 0.2) is 6.33 Å². The van der Waals surface area contributed by atoms with E-state index in [1.807, 2.05) is 0 Å². The van der Waals surface area contributed by atoms with E-state index in [4.69, 9.17) is 10.5 Å². The molecule has 0 saturated carbocycles. The fourth-order valence-corrected chi connectivity index (χ4v) is 1.10. The summed E-state index contributed by atoms with van der Waals surface area (Å²) in [6, 6.07) is 0.0348. The number of nitrogens with zero attached hydrogens (tertiary/aromatic N) is 6. The van der Waals surface area contributed by atoms with Gasteiger partial charge in [0.1, 0.15) is 6.33 Å². The molecule has 2 N–H and O–H groups in total. The third-order valence-electron chi connectivity index (χ3n) is 1.87. The lowest BCUT2D eigenvalue weighted by Crippen LogP contribution is -2.09. The third-order valence-corrected chi connectivity index (χ3v) is 1.87. The van der Waals surface area contributed by atoms with Crippen LogP contribution in [0.3, 0.4) is 0 Å². The van der Waals surface area contributed by atoms with Gasteiger partial charge in [0.05, 0.1) is 14.2 Å². The zero-order valence-electron chi connectivity index (χ0n) is 9.56. The number of esters is 1. The molecule has 18 heavy (non-hydrogen) atoms. The van der Waals surface area contributed by atoms with Crippen molar-refractivity contribution in [2.45, 2.75) is 0 Å². The van der Waals surface area contributed by atoms with Gasteiger partial charge >= 0.3 is 12.0 Å². The van der Waals surface area contributed by atoms with Crippen LogP contribution in [0.5, 0.6) is 6.01 Å². The highest BCUT2D eigenvalue weighted by Gasteiger charge is 2.14. The lowest BCUT2D eigenvalue weighted by atomic mass is 10.6. The number of carbonyl (C=O) groups excluding carboxylic acids is 1. The summed E-state index contributed by atoms with van der Waals surface area (Å²) in [6.07, 6.45) is 1.25. The van der Waals surface area contributed by atoms with Crippen molar-refractivity contribution in [3.8, 4) is 12.0 Å². The summed E-state index contributed by atoms with van der Waals surface area (Å²) in [4.78, 5) is 26.4. The molecule has 2 heterocycles. The molecular formula is C8H9N7O3. The molecule has 0 unspecified atom stereocenters. The average molecular weight is 251 g/mol. The average Bonchev–Trinajstić information content (AvgIpc) is 2.86. The Balaban J connectivity index is 2.39. The van der Waals surface area contributed by atoms with Crippen LogP contribution in [0.2, 0.25) is 0 Å². The minimum Gasteiger partial charge on any atom is -0.467 e. The topological polar surface area (TPSA) is 131 Å². The number of anilines is 1. The fraction of sp³-hybridized carbons (Fsp3) is 0.250. The van der Waals surface area contributed by atoms with Crippen LogP contribution in [0, 0.1) is 0 Å². The highest BCUT2D eigenvalue weighted by Crippen LogP contribution is 2.07. The highest BCUT2D eigenvalue weighted by molar-refractivity contribution is 5.84. The van der Waals surface area contributed by atoms with Crippen molar-refractivity contribution in [3.63, 3.8) is 0 Å². The molecule has 0 saturated heterocycles. The number of rotatable bonds is 3. The molecule has 10 nitrogen and oxygen atoms in total. The smallest absolute Gasteiger partial charge is 0.377 e. The number of nitrogens with two attached hydrogens (primary N) is 1. The Morgan fingerprint density at radius 3 is 2.78 bits per heavy atom. The van der Waals surface area contributed by atoms with Crippen LogP contribution in [0.25, 0.3) is 5.95 Å². The van der Waals surface area contributed by atoms with Gasteiger partial charge in [-0.25, -0.2) is 9.78 Å². The first kappa shape index (κ1) is 11.7. The van der Waals surface area contributed by atoms with Crippen molar-refractivity contribution in [2.75, 3.05) is 20.0 Å². The maximum absolute atomic E-state index is 11.2. The first-order valence-electron chi connectivity index (χ1n) is 4.70. The fourth-order valence-electron chi connectivity index (χ4n) is 1.10. The van der Waals surface area contributed by atoms with Crippen LogP contribution >= 0.6 is 0 Å². The van der Waals surface area contributed by atoms with Crippen molar-refractivity contribution in [2.24, 2.45) is 0 Å². The maximum Gasteiger partial charge on any atom is 0.377 e. The molecule has 0 aromatic carbocycles. The standard InChI is InChI=1S/C8H9N7O3/c1-17-5(16)4-10-3-15(14-4)7-11-6(9)12-8(13-7)18-2/h3H,1-2H3,(H2,9,11,12,13). The largest absolute Gasteiger partial charge is 0.467 e. The molecule has 2 aromatic heterocycles. The Kier molecular flexibility index (Phi) is 3.00. The van der Waals surface area contributed by atoms with Gasteiger partial charge in [-0.3, -0.25) is 0 Å². The first-order valence-corrected chi connectivity index (χ1v) is 4.70. The van der Waals surface area contributed by atoms with E-state index in [-0.39, 0.29) is 23.7 Å². The van der Waals surface area contributed by atoms with Gasteiger partial charge in [0.25, 0.3) is 11.8 Å². The second-order valence-corrected chi connectivity index (χ2v) is 2.98. The minimum absolute atomic E-state index is 0.0348. The normalized spacial score (nSPS) is 10.1. The van der Waals surface area contributed by atoms with Crippen LogP contribution < -0.4 is 10.5 Å². The SMILES string of the molecule is COC(=O)c1ncn(-c2nc(N)nc(OC)n2)n1. The van der Waals surface area contributed by atoms with Crippen molar-refractivity contribution >= 4 is 11.9 Å². The summed E-state index contributed by atoms with van der Waals surface area (Å²) in [5, 5.41) is 3.83. The summed E-state index contributed by atoms with van der Waals surface area (Å²) < 4.78 is 10.5. The molecule has 2 rings (SSSR count). The summed E-state index contributed by atoms with van der Waals surface area (Å²) in [5.74, 6) is -0.729. The van der Waals surface area contributed by atoms with E-state index in [0.717, 1.165) is 4.68 Å². The van der Waals surface area contributed by atoms with E-state index in [2.05, 4.69) is 29.8 Å². The van der Waals surface area contributed by atoms with E-state index in [1.165, 1.54) is 20.5 Å². The monoisotopic (exact) mass is 251 g/mol. The predicted molar refractivity (Wildman–Crippen MR) is 57.0 cm³/mol. The molecule has 0 aliphatic rings. The molecule has 0 fully saturated rings. The summed E-state index contributed by atoms with van der Waals surface area (Å²) >= 11 is 0. The highest BCUT2D eigenvalue weighted by atomic mass is 16.5. The molecule has 0 atom stereocenters. The second-order valence-electron chi connectivity index (χ2n) is 2.98. The quantitative estimate of drug-likeness (QED) is 0.670. The van der Waals surface area contributed by atoms with E-state index >= 15 is 0 Å². The molecule has 2 aromatic rings. The summed E-state index contributed by atoms with van der Waals surface area (Å²) in [6.45, 7) is 0. The molecule has 0 aliphatic heterocycles. The third kappa shape index (κ3) is 2.16. The van der Waals surface area contributed by atoms with Gasteiger partial charge in [-0.2, -0.15) is 19.6 Å². The summed E-state index contributed by atoms with van der Waals surface area (Å²) in [7, 11) is 2.62. The molecule has 0 spiro atoms. The van der Waals surface area contributed by atoms with E-state index in [0.29, 0.717) is 0 Å². The Bertz CT molecular complexity index is 582. The Morgan fingerprint density at radius 2 is 2.11 bits per heavy atom. The second kappa shape index (κ2) is 4.61. The zero-order valence-corrected chi connectivity index (χ0v) is 9.56. The van der Waals surface area contributed by atoms with Gasteiger partial charge in [0.15, 0.2) is 0 Å². The van der Waals surface area contributed by atoms with E-state index in [9.17, 15) is 4.79 Å². The molecule has 10 heteroatoms. The van der Waals surface area contributed by atoms with Crippen molar-refractivity contribution in [3.05, 3.63) is 12.2 Å². The number of hydrogen-bond donors (Lipinski definition) is 1. The van der Waals surface area contributed by atoms with Crippen LogP contribution in [0.4, 0.5) is 5.95 Å². The van der Waals surface area contributed by atoms with E-state index in [1.54, 1.807) is 0 Å². The Labute approximate surface area is 101 Å². The van der Waals surface area contributed by atoms with E-state index < -0.39 is 5.97 Å². The van der Waals surface area contributed by atoms with Crippen molar-refractivity contribution < 1.29 is 14.3 Å². The molecule has 94 valence electrons. The number of carbonyl (C=O) groups is 1. The van der Waals surface area contributed by atoms with Crippen molar-refractivity contribution in [1.29, 1.82) is 0 Å². The van der Waals surface area contributed by atoms with Crippen LogP contribution in [0.1, 0.15) is 10.6 Å². The lowest BCUT2D eigenvalue weighted by Gasteiger charge is -2.01. The van der Waals surface area contributed by atoms with Gasteiger partial charge in [0, 0.05) is 0 Å². The predicted octanol–water partition coefficient (Wildman–Crippen LogP) is -1.17. The maximum atomic E-state index is 11.2. The number of hydrogen-bond acceptors (Lipinski definition) is 9. The number of ether oxygens (including phenoxy) is 2. The summed E-state index contributed by atoms with van der Waals surface area (Å²) in [5.41, 5.74) is 5.47. The minimum atomic E-state index is -0.664. The van der Waals surface area contributed by atoms with Crippen molar-refractivity contribution in [1.82, 2.24) is 29.7 Å². The van der Waals surface area contributed by atoms with Gasteiger partial charge in [-0.15, -0.1) is 5.10 Å². The molecular weight excluding hydrogens is 242 g/mol. The molecule has 0 bridgehead atoms. The first-order chi connectivity index (χ1) is 8.63. The van der Waals surface area contributed by atoms with Crippen LogP contribution in [-0.4, -0.2) is 49.9 Å². The number of aromatic nitrogens is 6. The molecule has 0 aliphatic carbocycles. The van der Waals surface area contributed by atoms with Gasteiger partial charge in [-0.05, 0) is 0 Å².